The van der Waals surface area contributed by atoms with Gasteiger partial charge in [0.2, 0.25) is 5.91 Å². The molecule has 0 aliphatic heterocycles. The number of aryl methyl sites for hydroxylation is 1. The molecule has 20 heavy (non-hydrogen) atoms. The molecular weight excluding hydrogens is 254 g/mol. The molecule has 0 aliphatic rings. The number of carbonyl (C=O) groups excluding carboxylic acids is 1. The highest BCUT2D eigenvalue weighted by Gasteiger charge is 2.20. The Labute approximate surface area is 119 Å². The van der Waals surface area contributed by atoms with Crippen molar-refractivity contribution in [3.05, 3.63) is 35.6 Å². The topological polar surface area (TPSA) is 53.7 Å². The Morgan fingerprint density at radius 3 is 2.75 bits per heavy atom. The van der Waals surface area contributed by atoms with Gasteiger partial charge in [-0.15, -0.1) is 0 Å². The number of furan rings is 1. The molecule has 4 heteroatoms. The molecule has 2 rings (SSSR count). The lowest BCUT2D eigenvalue weighted by Crippen LogP contribution is -2.40. The van der Waals surface area contributed by atoms with Crippen molar-refractivity contribution in [2.75, 3.05) is 13.6 Å². The number of amides is 1. The van der Waals surface area contributed by atoms with Crippen molar-refractivity contribution < 1.29 is 14.3 Å². The van der Waals surface area contributed by atoms with Crippen LogP contribution in [0, 0.1) is 6.92 Å². The van der Waals surface area contributed by atoms with E-state index in [4.69, 9.17) is 4.42 Å². The van der Waals surface area contributed by atoms with Crippen LogP contribution in [0.1, 0.15) is 25.0 Å². The van der Waals surface area contributed by atoms with Crippen LogP contribution < -0.4 is 0 Å². The fourth-order valence-electron chi connectivity index (χ4n) is 2.29. The van der Waals surface area contributed by atoms with Gasteiger partial charge in [-0.25, -0.2) is 0 Å². The van der Waals surface area contributed by atoms with Crippen molar-refractivity contribution in [3.8, 4) is 0 Å². The summed E-state index contributed by atoms with van der Waals surface area (Å²) in [5, 5.41) is 10.7. The highest BCUT2D eigenvalue weighted by Crippen LogP contribution is 2.23. The van der Waals surface area contributed by atoms with Gasteiger partial charge in [0.15, 0.2) is 0 Å². The van der Waals surface area contributed by atoms with E-state index in [0.717, 1.165) is 22.1 Å². The summed E-state index contributed by atoms with van der Waals surface area (Å²) in [4.78, 5) is 13.7. The van der Waals surface area contributed by atoms with Gasteiger partial charge in [0, 0.05) is 24.5 Å². The van der Waals surface area contributed by atoms with Crippen LogP contribution in [0.5, 0.6) is 0 Å². The SMILES string of the molecule is Cc1ccc2c(CC(=O)N(C)CC(C)(C)O)coc2c1. The molecule has 108 valence electrons. The number of rotatable bonds is 4. The summed E-state index contributed by atoms with van der Waals surface area (Å²) in [6.45, 7) is 5.68. The summed E-state index contributed by atoms with van der Waals surface area (Å²) in [5.41, 5.74) is 1.93. The molecule has 4 nitrogen and oxygen atoms in total. The third-order valence-electron chi connectivity index (χ3n) is 3.20. The highest BCUT2D eigenvalue weighted by atomic mass is 16.3. The lowest BCUT2D eigenvalue weighted by atomic mass is 10.1. The molecule has 1 aromatic carbocycles. The molecule has 1 heterocycles. The van der Waals surface area contributed by atoms with Gasteiger partial charge in [0.1, 0.15) is 5.58 Å². The highest BCUT2D eigenvalue weighted by molar-refractivity contribution is 5.87. The van der Waals surface area contributed by atoms with E-state index in [1.807, 2.05) is 25.1 Å². The Morgan fingerprint density at radius 2 is 2.10 bits per heavy atom. The van der Waals surface area contributed by atoms with Gasteiger partial charge in [0.05, 0.1) is 18.3 Å². The molecule has 0 aliphatic carbocycles. The van der Waals surface area contributed by atoms with E-state index < -0.39 is 5.60 Å². The Morgan fingerprint density at radius 1 is 1.40 bits per heavy atom. The molecule has 1 aromatic heterocycles. The van der Waals surface area contributed by atoms with Crippen molar-refractivity contribution in [3.63, 3.8) is 0 Å². The van der Waals surface area contributed by atoms with E-state index in [9.17, 15) is 9.90 Å². The number of carbonyl (C=O) groups is 1. The summed E-state index contributed by atoms with van der Waals surface area (Å²) in [7, 11) is 1.70. The number of fused-ring (bicyclic) bond motifs is 1. The summed E-state index contributed by atoms with van der Waals surface area (Å²) in [6.07, 6.45) is 1.92. The lowest BCUT2D eigenvalue weighted by molar-refractivity contribution is -0.131. The molecule has 1 N–H and O–H groups in total. The molecule has 0 bridgehead atoms. The van der Waals surface area contributed by atoms with E-state index in [1.165, 1.54) is 0 Å². The van der Waals surface area contributed by atoms with Crippen LogP contribution in [-0.4, -0.2) is 35.1 Å². The molecule has 0 fully saturated rings. The summed E-state index contributed by atoms with van der Waals surface area (Å²) < 4.78 is 5.49. The van der Waals surface area contributed by atoms with E-state index in [-0.39, 0.29) is 12.3 Å². The number of aliphatic hydroxyl groups is 1. The predicted molar refractivity (Wildman–Crippen MR) is 78.6 cm³/mol. The summed E-state index contributed by atoms with van der Waals surface area (Å²) in [5.74, 6) is -0.0320. The van der Waals surface area contributed by atoms with Gasteiger partial charge >= 0.3 is 0 Å². The Bertz CT molecular complexity index is 622. The molecular formula is C16H21NO3. The van der Waals surface area contributed by atoms with Crippen molar-refractivity contribution in [1.29, 1.82) is 0 Å². The third-order valence-corrected chi connectivity index (χ3v) is 3.20. The van der Waals surface area contributed by atoms with Gasteiger partial charge in [-0.05, 0) is 32.4 Å². The first-order chi connectivity index (χ1) is 9.26. The van der Waals surface area contributed by atoms with Crippen LogP contribution in [0.15, 0.2) is 28.9 Å². The van der Waals surface area contributed by atoms with Crippen molar-refractivity contribution in [1.82, 2.24) is 4.90 Å². The normalized spacial score (nSPS) is 11.8. The molecule has 0 saturated heterocycles. The quantitative estimate of drug-likeness (QED) is 0.932. The van der Waals surface area contributed by atoms with E-state index in [0.29, 0.717) is 6.54 Å². The van der Waals surface area contributed by atoms with E-state index >= 15 is 0 Å². The smallest absolute Gasteiger partial charge is 0.226 e. The van der Waals surface area contributed by atoms with Gasteiger partial charge in [-0.1, -0.05) is 12.1 Å². The average Bonchev–Trinajstić information content (AvgIpc) is 2.69. The van der Waals surface area contributed by atoms with Crippen LogP contribution in [0.4, 0.5) is 0 Å². The zero-order chi connectivity index (χ0) is 14.9. The maximum absolute atomic E-state index is 12.2. The van der Waals surface area contributed by atoms with E-state index in [1.54, 1.807) is 32.1 Å². The van der Waals surface area contributed by atoms with Crippen LogP contribution in [0.2, 0.25) is 0 Å². The summed E-state index contributed by atoms with van der Waals surface area (Å²) in [6, 6.07) is 5.95. The van der Waals surface area contributed by atoms with Crippen molar-refractivity contribution in [2.45, 2.75) is 32.8 Å². The van der Waals surface area contributed by atoms with Crippen LogP contribution in [0.25, 0.3) is 11.0 Å². The number of hydrogen-bond donors (Lipinski definition) is 1. The lowest BCUT2D eigenvalue weighted by Gasteiger charge is -2.25. The van der Waals surface area contributed by atoms with Gasteiger partial charge in [0.25, 0.3) is 0 Å². The Hall–Kier alpha value is -1.81. The minimum atomic E-state index is -0.889. The maximum atomic E-state index is 12.2. The Balaban J connectivity index is 2.14. The van der Waals surface area contributed by atoms with E-state index in [2.05, 4.69) is 0 Å². The largest absolute Gasteiger partial charge is 0.464 e. The fourth-order valence-corrected chi connectivity index (χ4v) is 2.29. The zero-order valence-electron chi connectivity index (χ0n) is 12.4. The van der Waals surface area contributed by atoms with Crippen LogP contribution in [-0.2, 0) is 11.2 Å². The van der Waals surface area contributed by atoms with Crippen LogP contribution >= 0.6 is 0 Å². The standard InChI is InChI=1S/C16H21NO3/c1-11-5-6-13-12(9-20-14(13)7-11)8-15(18)17(4)10-16(2,3)19/h5-7,9,19H,8,10H2,1-4H3. The first-order valence-corrected chi connectivity index (χ1v) is 6.69. The van der Waals surface area contributed by atoms with Crippen molar-refractivity contribution in [2.24, 2.45) is 0 Å². The molecule has 0 spiro atoms. The molecule has 0 radical (unpaired) electrons. The molecule has 0 atom stereocenters. The number of nitrogens with zero attached hydrogens (tertiary/aromatic N) is 1. The minimum Gasteiger partial charge on any atom is -0.464 e. The number of benzene rings is 1. The molecule has 0 unspecified atom stereocenters. The average molecular weight is 275 g/mol. The van der Waals surface area contributed by atoms with Gasteiger partial charge < -0.3 is 14.4 Å². The van der Waals surface area contributed by atoms with Gasteiger partial charge in [-0.2, -0.15) is 0 Å². The molecule has 2 aromatic rings. The van der Waals surface area contributed by atoms with Gasteiger partial charge in [-0.3, -0.25) is 4.79 Å². The maximum Gasteiger partial charge on any atom is 0.226 e. The first kappa shape index (κ1) is 14.6. The second kappa shape index (κ2) is 5.29. The molecule has 1 amide bonds. The second-order valence-electron chi connectivity index (χ2n) is 6.00. The number of likely N-dealkylation sites (N-methyl/N-ethyl adjacent to an activating group) is 1. The first-order valence-electron chi connectivity index (χ1n) is 6.69. The minimum absolute atomic E-state index is 0.0320. The van der Waals surface area contributed by atoms with Crippen LogP contribution in [0.3, 0.4) is 0 Å². The predicted octanol–water partition coefficient (Wildman–Crippen LogP) is 2.51. The zero-order valence-corrected chi connectivity index (χ0v) is 12.4. The second-order valence-corrected chi connectivity index (χ2v) is 6.00. The monoisotopic (exact) mass is 275 g/mol. The molecule has 0 saturated carbocycles. The number of hydrogen-bond acceptors (Lipinski definition) is 3. The fraction of sp³-hybridized carbons (Fsp3) is 0.438. The Kier molecular flexibility index (Phi) is 3.86. The van der Waals surface area contributed by atoms with Crippen molar-refractivity contribution >= 4 is 16.9 Å². The third kappa shape index (κ3) is 3.39. The summed E-state index contributed by atoms with van der Waals surface area (Å²) >= 11 is 0.